The zero-order valence-electron chi connectivity index (χ0n) is 12.1. The Labute approximate surface area is 150 Å². The van der Waals surface area contributed by atoms with Gasteiger partial charge in [0.1, 0.15) is 17.0 Å². The molecule has 0 spiro atoms. The van der Waals surface area contributed by atoms with Crippen molar-refractivity contribution in [3.63, 3.8) is 0 Å². The van der Waals surface area contributed by atoms with Gasteiger partial charge in [-0.25, -0.2) is 0 Å². The van der Waals surface area contributed by atoms with E-state index in [1.165, 1.54) is 0 Å². The molecule has 0 atom stereocenters. The molecule has 2 aromatic carbocycles. The summed E-state index contributed by atoms with van der Waals surface area (Å²) >= 11 is 6.82. The fourth-order valence-electron chi connectivity index (χ4n) is 2.21. The van der Waals surface area contributed by atoms with Crippen LogP contribution in [0, 0.1) is 6.92 Å². The van der Waals surface area contributed by atoms with Gasteiger partial charge in [-0.15, -0.1) is 0 Å². The zero-order valence-corrected chi connectivity index (χ0v) is 15.3. The van der Waals surface area contributed by atoms with E-state index in [9.17, 15) is 4.79 Å². The van der Waals surface area contributed by atoms with Gasteiger partial charge in [-0.1, -0.05) is 51.4 Å². The van der Waals surface area contributed by atoms with Gasteiger partial charge in [-0.3, -0.25) is 4.79 Å². The molecular formula is C17H12Br2N2O2. The maximum atomic E-state index is 12.7. The zero-order chi connectivity index (χ0) is 16.4. The van der Waals surface area contributed by atoms with Gasteiger partial charge in [0.2, 0.25) is 0 Å². The van der Waals surface area contributed by atoms with Crippen molar-refractivity contribution >= 4 is 43.5 Å². The molecule has 23 heavy (non-hydrogen) atoms. The Bertz CT molecular complexity index is 860. The van der Waals surface area contributed by atoms with Crippen LogP contribution in [0.4, 0.5) is 5.69 Å². The Morgan fingerprint density at radius 2 is 1.87 bits per heavy atom. The van der Waals surface area contributed by atoms with Crippen molar-refractivity contribution in [2.24, 2.45) is 0 Å². The highest BCUT2D eigenvalue weighted by Crippen LogP contribution is 2.29. The Morgan fingerprint density at radius 3 is 2.57 bits per heavy atom. The Balaban J connectivity index is 1.96. The molecule has 3 rings (SSSR count). The number of nitrogens with zero attached hydrogens (tertiary/aromatic N) is 1. The van der Waals surface area contributed by atoms with Crippen LogP contribution in [0.1, 0.15) is 16.1 Å². The third-order valence-corrected chi connectivity index (χ3v) is 4.47. The molecule has 1 N–H and O–H groups in total. The van der Waals surface area contributed by atoms with Crippen molar-refractivity contribution in [1.29, 1.82) is 0 Å². The van der Waals surface area contributed by atoms with Crippen LogP contribution in [0.3, 0.4) is 0 Å². The van der Waals surface area contributed by atoms with E-state index in [-0.39, 0.29) is 5.91 Å². The Hall–Kier alpha value is -1.92. The fourth-order valence-corrected chi connectivity index (χ4v) is 3.35. The molecule has 1 aromatic heterocycles. The molecule has 0 aliphatic carbocycles. The van der Waals surface area contributed by atoms with E-state index < -0.39 is 0 Å². The number of benzene rings is 2. The summed E-state index contributed by atoms with van der Waals surface area (Å²) in [5.74, 6) is 0.222. The molecule has 1 heterocycles. The summed E-state index contributed by atoms with van der Waals surface area (Å²) in [5, 5.41) is 6.91. The molecule has 3 aromatic rings. The summed E-state index contributed by atoms with van der Waals surface area (Å²) in [7, 11) is 0. The van der Waals surface area contributed by atoms with Gasteiger partial charge < -0.3 is 9.84 Å². The second-order valence-electron chi connectivity index (χ2n) is 4.91. The Morgan fingerprint density at radius 1 is 1.13 bits per heavy atom. The molecule has 0 bridgehead atoms. The topological polar surface area (TPSA) is 55.1 Å². The number of nitrogens with one attached hydrogen (secondary N) is 1. The highest BCUT2D eigenvalue weighted by atomic mass is 79.9. The van der Waals surface area contributed by atoms with E-state index in [0.717, 1.165) is 14.5 Å². The lowest BCUT2D eigenvalue weighted by atomic mass is 10.1. The molecule has 1 amide bonds. The number of amides is 1. The predicted octanol–water partition coefficient (Wildman–Crippen LogP) is 5.43. The van der Waals surface area contributed by atoms with E-state index in [2.05, 4.69) is 42.3 Å². The minimum Gasteiger partial charge on any atom is -0.360 e. The first-order chi connectivity index (χ1) is 11.1. The lowest BCUT2D eigenvalue weighted by Crippen LogP contribution is -2.13. The van der Waals surface area contributed by atoms with Crippen LogP contribution in [0.15, 0.2) is 62.0 Å². The number of rotatable bonds is 3. The second-order valence-corrected chi connectivity index (χ2v) is 6.68. The average Bonchev–Trinajstić information content (AvgIpc) is 2.93. The molecule has 116 valence electrons. The minimum absolute atomic E-state index is 0.259. The number of hydrogen-bond acceptors (Lipinski definition) is 3. The third-order valence-electron chi connectivity index (χ3n) is 3.32. The van der Waals surface area contributed by atoms with Gasteiger partial charge in [-0.05, 0) is 41.1 Å². The van der Waals surface area contributed by atoms with Crippen LogP contribution in [0.25, 0.3) is 11.3 Å². The lowest BCUT2D eigenvalue weighted by molar-refractivity contribution is 0.102. The van der Waals surface area contributed by atoms with Crippen LogP contribution in [0.5, 0.6) is 0 Å². The quantitative estimate of drug-likeness (QED) is 0.596. The number of aromatic nitrogens is 1. The summed E-state index contributed by atoms with van der Waals surface area (Å²) in [4.78, 5) is 12.7. The lowest BCUT2D eigenvalue weighted by Gasteiger charge is -2.08. The normalized spacial score (nSPS) is 10.6. The van der Waals surface area contributed by atoms with Gasteiger partial charge in [0.25, 0.3) is 5.91 Å². The fraction of sp³-hybridized carbons (Fsp3) is 0.0588. The largest absolute Gasteiger partial charge is 0.360 e. The summed E-state index contributed by atoms with van der Waals surface area (Å²) in [6.07, 6.45) is 0. The summed E-state index contributed by atoms with van der Waals surface area (Å²) in [5.41, 5.74) is 2.49. The molecule has 4 nitrogen and oxygen atoms in total. The summed E-state index contributed by atoms with van der Waals surface area (Å²) in [6.45, 7) is 1.73. The number of hydrogen-bond donors (Lipinski definition) is 1. The predicted molar refractivity (Wildman–Crippen MR) is 96.5 cm³/mol. The van der Waals surface area contributed by atoms with E-state index in [0.29, 0.717) is 22.7 Å². The number of carbonyl (C=O) groups is 1. The van der Waals surface area contributed by atoms with Crippen molar-refractivity contribution in [3.8, 4) is 11.3 Å². The number of halogens is 2. The second kappa shape index (κ2) is 6.68. The van der Waals surface area contributed by atoms with E-state index in [1.807, 2.05) is 48.5 Å². The van der Waals surface area contributed by atoms with Crippen LogP contribution < -0.4 is 5.32 Å². The SMILES string of the molecule is Cc1onc(-c2ccccc2)c1C(=O)Nc1ccc(Br)cc1Br. The molecule has 0 saturated carbocycles. The van der Waals surface area contributed by atoms with Crippen molar-refractivity contribution in [2.75, 3.05) is 5.32 Å². The molecule has 0 radical (unpaired) electrons. The molecule has 0 fully saturated rings. The maximum Gasteiger partial charge on any atom is 0.261 e. The monoisotopic (exact) mass is 434 g/mol. The van der Waals surface area contributed by atoms with Gasteiger partial charge in [-0.2, -0.15) is 0 Å². The highest BCUT2D eigenvalue weighted by molar-refractivity contribution is 9.11. The van der Waals surface area contributed by atoms with E-state index in [4.69, 9.17) is 4.52 Å². The average molecular weight is 436 g/mol. The van der Waals surface area contributed by atoms with Crippen LogP contribution in [-0.4, -0.2) is 11.1 Å². The van der Waals surface area contributed by atoms with Crippen molar-refractivity contribution in [2.45, 2.75) is 6.92 Å². The van der Waals surface area contributed by atoms with Gasteiger partial charge in [0.05, 0.1) is 5.69 Å². The maximum absolute atomic E-state index is 12.7. The van der Waals surface area contributed by atoms with E-state index in [1.54, 1.807) is 6.92 Å². The highest BCUT2D eigenvalue weighted by Gasteiger charge is 2.22. The van der Waals surface area contributed by atoms with E-state index >= 15 is 0 Å². The van der Waals surface area contributed by atoms with Crippen LogP contribution in [0.2, 0.25) is 0 Å². The first-order valence-corrected chi connectivity index (χ1v) is 8.43. The summed E-state index contributed by atoms with van der Waals surface area (Å²) < 4.78 is 6.94. The van der Waals surface area contributed by atoms with Gasteiger partial charge in [0.15, 0.2) is 0 Å². The van der Waals surface area contributed by atoms with Crippen molar-refractivity contribution < 1.29 is 9.32 Å². The molecule has 0 aliphatic heterocycles. The first-order valence-electron chi connectivity index (χ1n) is 6.84. The number of anilines is 1. The van der Waals surface area contributed by atoms with Gasteiger partial charge >= 0.3 is 0 Å². The number of carbonyl (C=O) groups excluding carboxylic acids is 1. The molecule has 6 heteroatoms. The molecule has 0 saturated heterocycles. The number of aryl methyl sites for hydroxylation is 1. The van der Waals surface area contributed by atoms with Crippen LogP contribution >= 0.6 is 31.9 Å². The standard InChI is InChI=1S/C17H12Br2N2O2/c1-10-15(16(21-23-10)11-5-3-2-4-6-11)17(22)20-14-8-7-12(18)9-13(14)19/h2-9H,1H3,(H,20,22). The summed E-state index contributed by atoms with van der Waals surface area (Å²) in [6, 6.07) is 15.0. The van der Waals surface area contributed by atoms with Crippen molar-refractivity contribution in [3.05, 3.63) is 68.8 Å². The first kappa shape index (κ1) is 16.0. The third kappa shape index (κ3) is 3.38. The van der Waals surface area contributed by atoms with Crippen molar-refractivity contribution in [1.82, 2.24) is 5.16 Å². The van der Waals surface area contributed by atoms with Crippen LogP contribution in [-0.2, 0) is 0 Å². The smallest absolute Gasteiger partial charge is 0.261 e. The molecular weight excluding hydrogens is 424 g/mol. The van der Waals surface area contributed by atoms with Gasteiger partial charge in [0, 0.05) is 14.5 Å². The molecule has 0 aliphatic rings. The Kier molecular flexibility index (Phi) is 4.63. The molecule has 0 unspecified atom stereocenters. The minimum atomic E-state index is -0.259.